The summed E-state index contributed by atoms with van der Waals surface area (Å²) in [5.74, 6) is -0.754. The van der Waals surface area contributed by atoms with Gasteiger partial charge in [-0.3, -0.25) is 4.79 Å². The van der Waals surface area contributed by atoms with E-state index in [1.54, 1.807) is 0 Å². The zero-order chi connectivity index (χ0) is 14.2. The minimum Gasteiger partial charge on any atom is -0.481 e. The number of hydrogen-bond acceptors (Lipinski definition) is 1. The highest BCUT2D eigenvalue weighted by Gasteiger charge is 2.42. The Kier molecular flexibility index (Phi) is 3.31. The summed E-state index contributed by atoms with van der Waals surface area (Å²) in [5, 5.41) is 8.77. The fraction of sp³-hybridized carbons (Fsp3) is 0.375. The van der Waals surface area contributed by atoms with Gasteiger partial charge in [-0.1, -0.05) is 6.07 Å². The molecule has 19 heavy (non-hydrogen) atoms. The lowest BCUT2D eigenvalue weighted by molar-refractivity contribution is -0.357. The van der Waals surface area contributed by atoms with Crippen LogP contribution in [0.3, 0.4) is 0 Å². The van der Waals surface area contributed by atoms with Gasteiger partial charge >= 0.3 is 5.97 Å². The van der Waals surface area contributed by atoms with E-state index in [1.807, 2.05) is 12.3 Å². The molecule has 1 aliphatic heterocycles. The molecular weight excluding hydrogens is 238 g/mol. The van der Waals surface area contributed by atoms with E-state index in [0.717, 1.165) is 11.3 Å². The zero-order valence-electron chi connectivity index (χ0n) is 11.7. The number of fused-ring (bicyclic) bond motifs is 1. The minimum atomic E-state index is -0.754. The highest BCUT2D eigenvalue weighted by Crippen LogP contribution is 2.40. The van der Waals surface area contributed by atoms with Crippen LogP contribution in [0.5, 0.6) is 0 Å². The first-order chi connectivity index (χ1) is 8.87. The molecule has 1 aromatic rings. The summed E-state index contributed by atoms with van der Waals surface area (Å²) in [5.41, 5.74) is 4.67. The third kappa shape index (κ3) is 2.21. The zero-order valence-corrected chi connectivity index (χ0v) is 11.7. The van der Waals surface area contributed by atoms with Crippen LogP contribution >= 0.6 is 0 Å². The van der Waals surface area contributed by atoms with Crippen molar-refractivity contribution >= 4 is 17.4 Å². The second-order valence-electron chi connectivity index (χ2n) is 5.51. The molecule has 3 heteroatoms. The molecule has 1 aliphatic rings. The summed E-state index contributed by atoms with van der Waals surface area (Å²) in [6.45, 7) is 10.3. The van der Waals surface area contributed by atoms with Gasteiger partial charge in [-0.15, -0.1) is 0 Å². The van der Waals surface area contributed by atoms with Crippen molar-refractivity contribution in [3.63, 3.8) is 0 Å². The monoisotopic (exact) mass is 258 g/mol. The van der Waals surface area contributed by atoms with Crippen molar-refractivity contribution in [1.29, 1.82) is 0 Å². The quantitative estimate of drug-likeness (QED) is 0.842. The van der Waals surface area contributed by atoms with Gasteiger partial charge in [-0.2, -0.15) is 4.58 Å². The molecule has 3 nitrogen and oxygen atoms in total. The topological polar surface area (TPSA) is 40.3 Å². The molecule has 0 radical (unpaired) electrons. The number of hydrogen-bond donors (Lipinski definition) is 1. The smallest absolute Gasteiger partial charge is 0.303 e. The summed E-state index contributed by atoms with van der Waals surface area (Å²) >= 11 is 0. The van der Waals surface area contributed by atoms with Crippen molar-refractivity contribution in [3.8, 4) is 0 Å². The molecule has 0 unspecified atom stereocenters. The molecular formula is C16H20NO2+. The molecule has 2 rings (SSSR count). The van der Waals surface area contributed by atoms with Crippen molar-refractivity contribution in [2.75, 3.05) is 0 Å². The van der Waals surface area contributed by atoms with Crippen LogP contribution in [0.4, 0.5) is 5.69 Å². The van der Waals surface area contributed by atoms with Gasteiger partial charge in [0.15, 0.2) is 11.9 Å². The second-order valence-corrected chi connectivity index (χ2v) is 5.51. The standard InChI is InChI=1S/C16H19NO2/c1-5-17-11(2)16(3,4)13-10-12(6-8-14(13)17)7-9-15(18)19/h5-6,8,10H,1,7,9H2,2-4H3/p+1. The predicted molar refractivity (Wildman–Crippen MR) is 76.2 cm³/mol. The van der Waals surface area contributed by atoms with Crippen LogP contribution in [0, 0.1) is 0 Å². The number of carboxylic acids is 1. The average molecular weight is 258 g/mol. The van der Waals surface area contributed by atoms with E-state index in [0.29, 0.717) is 6.42 Å². The number of benzene rings is 1. The maximum Gasteiger partial charge on any atom is 0.303 e. The van der Waals surface area contributed by atoms with Crippen LogP contribution in [0.25, 0.3) is 0 Å². The summed E-state index contributed by atoms with van der Waals surface area (Å²) in [6.07, 6.45) is 2.58. The normalized spacial score (nSPS) is 16.4. The number of rotatable bonds is 4. The number of aliphatic carboxylic acids is 1. The molecule has 0 saturated carbocycles. The predicted octanol–water partition coefficient (Wildman–Crippen LogP) is 3.24. The van der Waals surface area contributed by atoms with E-state index in [1.165, 1.54) is 11.3 Å². The van der Waals surface area contributed by atoms with E-state index < -0.39 is 5.97 Å². The van der Waals surface area contributed by atoms with Gasteiger partial charge in [-0.05, 0) is 38.5 Å². The van der Waals surface area contributed by atoms with Crippen LogP contribution in [0.2, 0.25) is 0 Å². The van der Waals surface area contributed by atoms with Crippen LogP contribution in [-0.2, 0) is 16.6 Å². The van der Waals surface area contributed by atoms with Gasteiger partial charge in [0.25, 0.3) is 0 Å². The lowest BCUT2D eigenvalue weighted by atomic mass is 9.81. The van der Waals surface area contributed by atoms with Crippen molar-refractivity contribution < 1.29 is 14.5 Å². The number of aryl methyl sites for hydroxylation is 1. The first kappa shape index (κ1) is 13.5. The number of carboxylic acid groups (broad SMARTS) is 1. The Morgan fingerprint density at radius 3 is 2.74 bits per heavy atom. The lowest BCUT2D eigenvalue weighted by Crippen LogP contribution is -2.25. The molecule has 1 aromatic carbocycles. The van der Waals surface area contributed by atoms with E-state index in [-0.39, 0.29) is 11.8 Å². The van der Waals surface area contributed by atoms with Crippen molar-refractivity contribution in [2.45, 2.75) is 39.0 Å². The third-order valence-corrected chi connectivity index (χ3v) is 4.07. The lowest BCUT2D eigenvalue weighted by Gasteiger charge is -2.15. The van der Waals surface area contributed by atoms with E-state index in [9.17, 15) is 4.79 Å². The molecule has 100 valence electrons. The molecule has 0 aliphatic carbocycles. The molecule has 0 bridgehead atoms. The maximum atomic E-state index is 10.7. The Hall–Kier alpha value is -1.90. The number of carbonyl (C=O) groups is 1. The summed E-state index contributed by atoms with van der Waals surface area (Å²) in [6, 6.07) is 6.20. The number of nitrogens with zero attached hydrogens (tertiary/aromatic N) is 1. The van der Waals surface area contributed by atoms with Crippen LogP contribution in [0.1, 0.15) is 38.3 Å². The Bertz CT molecular complexity index is 582. The second kappa shape index (κ2) is 4.65. The van der Waals surface area contributed by atoms with Crippen LogP contribution < -0.4 is 0 Å². The Labute approximate surface area is 113 Å². The molecule has 0 spiro atoms. The summed E-state index contributed by atoms with van der Waals surface area (Å²) < 4.78 is 2.11. The van der Waals surface area contributed by atoms with Crippen molar-refractivity contribution in [2.24, 2.45) is 0 Å². The van der Waals surface area contributed by atoms with E-state index in [2.05, 4.69) is 44.1 Å². The molecule has 0 atom stereocenters. The fourth-order valence-electron chi connectivity index (χ4n) is 2.61. The average Bonchev–Trinajstić information content (AvgIpc) is 2.55. The fourth-order valence-corrected chi connectivity index (χ4v) is 2.61. The minimum absolute atomic E-state index is 0.0389. The Morgan fingerprint density at radius 1 is 1.47 bits per heavy atom. The highest BCUT2D eigenvalue weighted by molar-refractivity contribution is 5.93. The van der Waals surface area contributed by atoms with Crippen LogP contribution in [0.15, 0.2) is 31.0 Å². The third-order valence-electron chi connectivity index (χ3n) is 4.07. The maximum absolute atomic E-state index is 10.7. The SMILES string of the molecule is C=C[N+]1=C(C)C(C)(C)c2cc(CCC(=O)O)ccc21. The Balaban J connectivity index is 2.42. The molecule has 1 heterocycles. The van der Waals surface area contributed by atoms with Crippen LogP contribution in [-0.4, -0.2) is 21.4 Å². The first-order valence-corrected chi connectivity index (χ1v) is 6.49. The van der Waals surface area contributed by atoms with Gasteiger partial charge < -0.3 is 5.11 Å². The molecule has 0 saturated heterocycles. The molecule has 0 aromatic heterocycles. The van der Waals surface area contributed by atoms with E-state index >= 15 is 0 Å². The van der Waals surface area contributed by atoms with Gasteiger partial charge in [0.05, 0.1) is 5.41 Å². The van der Waals surface area contributed by atoms with E-state index in [4.69, 9.17) is 5.11 Å². The largest absolute Gasteiger partial charge is 0.481 e. The van der Waals surface area contributed by atoms with Crippen molar-refractivity contribution in [3.05, 3.63) is 42.1 Å². The molecule has 0 amide bonds. The van der Waals surface area contributed by atoms with Gasteiger partial charge in [0.1, 0.15) is 0 Å². The summed E-state index contributed by atoms with van der Waals surface area (Å²) in [4.78, 5) is 10.7. The molecule has 0 fully saturated rings. The van der Waals surface area contributed by atoms with Crippen molar-refractivity contribution in [1.82, 2.24) is 0 Å². The highest BCUT2D eigenvalue weighted by atomic mass is 16.4. The van der Waals surface area contributed by atoms with Gasteiger partial charge in [0.2, 0.25) is 5.69 Å². The first-order valence-electron chi connectivity index (χ1n) is 6.49. The van der Waals surface area contributed by atoms with Gasteiger partial charge in [0, 0.05) is 25.0 Å². The molecule has 1 N–H and O–H groups in total. The summed E-state index contributed by atoms with van der Waals surface area (Å²) in [7, 11) is 0. The Morgan fingerprint density at radius 2 is 2.16 bits per heavy atom. The van der Waals surface area contributed by atoms with Gasteiger partial charge in [-0.25, -0.2) is 0 Å².